The van der Waals surface area contributed by atoms with Crippen molar-refractivity contribution in [1.29, 1.82) is 0 Å². The SMILES string of the molecule is [CH2]c1ccc(OP(=O)(OCC=C)OCC=C)cc1. The summed E-state index contributed by atoms with van der Waals surface area (Å²) in [6, 6.07) is 6.76. The van der Waals surface area contributed by atoms with Crippen LogP contribution < -0.4 is 4.52 Å². The lowest BCUT2D eigenvalue weighted by Crippen LogP contribution is -2.03. The van der Waals surface area contributed by atoms with Gasteiger partial charge in [0.2, 0.25) is 0 Å². The van der Waals surface area contributed by atoms with E-state index in [0.29, 0.717) is 5.75 Å². The lowest BCUT2D eigenvalue weighted by atomic mass is 10.2. The average molecular weight is 267 g/mol. The van der Waals surface area contributed by atoms with Gasteiger partial charge >= 0.3 is 7.82 Å². The Kier molecular flexibility index (Phi) is 5.86. The minimum atomic E-state index is -3.65. The molecular weight excluding hydrogens is 251 g/mol. The van der Waals surface area contributed by atoms with Crippen molar-refractivity contribution in [3.8, 4) is 5.75 Å². The van der Waals surface area contributed by atoms with Gasteiger partial charge in [-0.05, 0) is 24.6 Å². The maximum atomic E-state index is 12.2. The van der Waals surface area contributed by atoms with Gasteiger partial charge in [-0.3, -0.25) is 9.05 Å². The molecule has 4 nitrogen and oxygen atoms in total. The van der Waals surface area contributed by atoms with Crippen LogP contribution in [0.3, 0.4) is 0 Å². The Hall–Kier alpha value is -1.35. The Morgan fingerprint density at radius 3 is 2.00 bits per heavy atom. The van der Waals surface area contributed by atoms with Crippen molar-refractivity contribution >= 4 is 7.82 Å². The van der Waals surface area contributed by atoms with E-state index in [1.807, 2.05) is 0 Å². The molecule has 0 atom stereocenters. The van der Waals surface area contributed by atoms with Crippen molar-refractivity contribution in [1.82, 2.24) is 0 Å². The Labute approximate surface area is 107 Å². The molecule has 1 aromatic carbocycles. The second-order valence-electron chi connectivity index (χ2n) is 3.35. The third kappa shape index (κ3) is 4.88. The summed E-state index contributed by atoms with van der Waals surface area (Å²) in [7, 11) is -3.65. The first kappa shape index (κ1) is 14.7. The van der Waals surface area contributed by atoms with Crippen LogP contribution in [0.4, 0.5) is 0 Å². The van der Waals surface area contributed by atoms with Crippen LogP contribution in [0, 0.1) is 6.92 Å². The fourth-order valence-corrected chi connectivity index (χ4v) is 2.19. The average Bonchev–Trinajstić information content (AvgIpc) is 2.37. The van der Waals surface area contributed by atoms with Crippen LogP contribution >= 0.6 is 7.82 Å². The molecule has 0 amide bonds. The predicted octanol–water partition coefficient (Wildman–Crippen LogP) is 3.76. The number of phosphoric acid groups is 1. The van der Waals surface area contributed by atoms with E-state index in [-0.39, 0.29) is 13.2 Å². The summed E-state index contributed by atoms with van der Waals surface area (Å²) < 4.78 is 27.5. The fourth-order valence-electron chi connectivity index (χ4n) is 1.06. The third-order valence-corrected chi connectivity index (χ3v) is 3.21. The summed E-state index contributed by atoms with van der Waals surface area (Å²) >= 11 is 0. The largest absolute Gasteiger partial charge is 0.530 e. The lowest BCUT2D eigenvalue weighted by Gasteiger charge is -2.17. The van der Waals surface area contributed by atoms with Crippen molar-refractivity contribution < 1.29 is 18.1 Å². The predicted molar refractivity (Wildman–Crippen MR) is 71.4 cm³/mol. The molecule has 18 heavy (non-hydrogen) atoms. The van der Waals surface area contributed by atoms with Crippen LogP contribution in [0.25, 0.3) is 0 Å². The molecule has 0 fully saturated rings. The molecule has 0 spiro atoms. The van der Waals surface area contributed by atoms with E-state index in [4.69, 9.17) is 13.6 Å². The molecule has 1 rings (SSSR count). The second kappa shape index (κ2) is 7.17. The van der Waals surface area contributed by atoms with E-state index in [0.717, 1.165) is 5.56 Å². The number of hydrogen-bond donors (Lipinski definition) is 0. The van der Waals surface area contributed by atoms with Gasteiger partial charge in [0.15, 0.2) is 0 Å². The summed E-state index contributed by atoms with van der Waals surface area (Å²) in [4.78, 5) is 0. The molecule has 0 aliphatic carbocycles. The molecule has 0 saturated heterocycles. The quantitative estimate of drug-likeness (QED) is 0.531. The third-order valence-electron chi connectivity index (χ3n) is 1.84. The number of hydrogen-bond acceptors (Lipinski definition) is 4. The summed E-state index contributed by atoms with van der Waals surface area (Å²) in [5, 5.41) is 0. The van der Waals surface area contributed by atoms with E-state index < -0.39 is 7.82 Å². The second-order valence-corrected chi connectivity index (χ2v) is 4.94. The summed E-state index contributed by atoms with van der Waals surface area (Å²) in [5.41, 5.74) is 0.830. The van der Waals surface area contributed by atoms with E-state index in [2.05, 4.69) is 20.1 Å². The van der Waals surface area contributed by atoms with Crippen LogP contribution in [0.2, 0.25) is 0 Å². The molecule has 1 radical (unpaired) electrons. The molecular formula is C13H16O4P. The molecule has 0 aliphatic heterocycles. The minimum Gasteiger partial charge on any atom is -0.404 e. The lowest BCUT2D eigenvalue weighted by molar-refractivity contribution is 0.181. The number of benzene rings is 1. The van der Waals surface area contributed by atoms with Gasteiger partial charge in [0.1, 0.15) is 5.75 Å². The number of rotatable bonds is 8. The zero-order valence-electron chi connectivity index (χ0n) is 10.1. The van der Waals surface area contributed by atoms with Crippen molar-refractivity contribution in [2.45, 2.75) is 0 Å². The standard InChI is InChI=1S/C13H16O4P/c1-4-10-15-18(14,16-11-5-2)17-13-8-6-12(3)7-9-13/h4-9H,1-3,10-11H2. The normalized spacial score (nSPS) is 10.9. The van der Waals surface area contributed by atoms with Crippen LogP contribution in [0.1, 0.15) is 5.56 Å². The first-order valence-corrected chi connectivity index (χ1v) is 6.78. The van der Waals surface area contributed by atoms with Crippen molar-refractivity contribution in [3.05, 3.63) is 62.1 Å². The topological polar surface area (TPSA) is 44.8 Å². The first-order chi connectivity index (χ1) is 8.59. The summed E-state index contributed by atoms with van der Waals surface area (Å²) in [6.45, 7) is 10.8. The van der Waals surface area contributed by atoms with Crippen molar-refractivity contribution in [2.75, 3.05) is 13.2 Å². The highest BCUT2D eigenvalue weighted by Gasteiger charge is 2.27. The molecule has 0 unspecified atom stereocenters. The summed E-state index contributed by atoms with van der Waals surface area (Å²) in [6.07, 6.45) is 2.93. The van der Waals surface area contributed by atoms with Gasteiger partial charge in [-0.25, -0.2) is 4.57 Å². The maximum Gasteiger partial charge on any atom is 0.530 e. The molecule has 5 heteroatoms. The van der Waals surface area contributed by atoms with Crippen LogP contribution in [0.15, 0.2) is 49.6 Å². The molecule has 0 bridgehead atoms. The maximum absolute atomic E-state index is 12.2. The van der Waals surface area contributed by atoms with E-state index in [1.54, 1.807) is 24.3 Å². The van der Waals surface area contributed by atoms with Crippen molar-refractivity contribution in [2.24, 2.45) is 0 Å². The Morgan fingerprint density at radius 1 is 1.06 bits per heavy atom. The first-order valence-electron chi connectivity index (χ1n) is 5.32. The highest BCUT2D eigenvalue weighted by Crippen LogP contribution is 2.49. The zero-order valence-corrected chi connectivity index (χ0v) is 11.0. The van der Waals surface area contributed by atoms with Crippen LogP contribution in [-0.2, 0) is 13.6 Å². The Morgan fingerprint density at radius 2 is 1.56 bits per heavy atom. The molecule has 0 aliphatic rings. The smallest absolute Gasteiger partial charge is 0.404 e. The molecule has 0 N–H and O–H groups in total. The van der Waals surface area contributed by atoms with Gasteiger partial charge in [-0.1, -0.05) is 24.3 Å². The highest BCUT2D eigenvalue weighted by molar-refractivity contribution is 7.48. The Bertz CT molecular complexity index is 423. The van der Waals surface area contributed by atoms with Gasteiger partial charge < -0.3 is 4.52 Å². The van der Waals surface area contributed by atoms with Gasteiger partial charge in [0, 0.05) is 0 Å². The van der Waals surface area contributed by atoms with Crippen LogP contribution in [0.5, 0.6) is 5.75 Å². The summed E-state index contributed by atoms with van der Waals surface area (Å²) in [5.74, 6) is 0.388. The van der Waals surface area contributed by atoms with E-state index >= 15 is 0 Å². The molecule has 0 aromatic heterocycles. The zero-order chi connectivity index (χ0) is 13.4. The molecule has 97 valence electrons. The highest BCUT2D eigenvalue weighted by atomic mass is 31.2. The van der Waals surface area contributed by atoms with Gasteiger partial charge in [0.05, 0.1) is 13.2 Å². The molecule has 1 aromatic rings. The van der Waals surface area contributed by atoms with Gasteiger partial charge in [-0.15, -0.1) is 13.2 Å². The fraction of sp³-hybridized carbons (Fsp3) is 0.154. The van der Waals surface area contributed by atoms with E-state index in [9.17, 15) is 4.57 Å². The minimum absolute atomic E-state index is 0.0713. The van der Waals surface area contributed by atoms with E-state index in [1.165, 1.54) is 12.2 Å². The monoisotopic (exact) mass is 267 g/mol. The van der Waals surface area contributed by atoms with Gasteiger partial charge in [-0.2, -0.15) is 0 Å². The van der Waals surface area contributed by atoms with Crippen molar-refractivity contribution in [3.63, 3.8) is 0 Å². The molecule has 0 saturated carbocycles. The van der Waals surface area contributed by atoms with Crippen LogP contribution in [-0.4, -0.2) is 13.2 Å². The Balaban J connectivity index is 2.76. The van der Waals surface area contributed by atoms with Gasteiger partial charge in [0.25, 0.3) is 0 Å². The number of phosphoric ester groups is 1. The molecule has 0 heterocycles.